The summed E-state index contributed by atoms with van der Waals surface area (Å²) in [5.41, 5.74) is 0.822. The van der Waals surface area contributed by atoms with Crippen LogP contribution in [-0.4, -0.2) is 82.6 Å². The molecule has 2 aromatic rings. The van der Waals surface area contributed by atoms with Gasteiger partial charge in [-0.05, 0) is 30.0 Å². The first-order valence-electron chi connectivity index (χ1n) is 12.9. The number of fused-ring (bicyclic) bond motifs is 1. The minimum atomic E-state index is -4.05. The van der Waals surface area contributed by atoms with Crippen molar-refractivity contribution in [2.45, 2.75) is 44.2 Å². The van der Waals surface area contributed by atoms with Crippen LogP contribution in [0.15, 0.2) is 53.4 Å². The number of hydrogen-bond acceptors (Lipinski definition) is 8. The van der Waals surface area contributed by atoms with E-state index >= 15 is 0 Å². The lowest BCUT2D eigenvalue weighted by Gasteiger charge is -2.31. The number of sulfone groups is 1. The standard InChI is InChI=1S/C27H38N2O8S2/c1-19(2)16-29(39(34,35)22-10-11-25-26(15-22)37-13-12-36-25)17-24(30)23(14-21-8-6-5-7-9-21)28-27(31)20(3)18-38(4,32)33/h5-11,15,19-20,23-24,30H,12-14,16-18H2,1-4H3,(H,28,31)/t20-,23?,24-/m1/s1. The second-order valence-electron chi connectivity index (χ2n) is 10.4. The van der Waals surface area contributed by atoms with Crippen LogP contribution < -0.4 is 14.8 Å². The number of carbonyl (C=O) groups is 1. The monoisotopic (exact) mass is 582 g/mol. The predicted molar refractivity (Wildman–Crippen MR) is 148 cm³/mol. The highest BCUT2D eigenvalue weighted by molar-refractivity contribution is 7.90. The molecule has 1 aliphatic rings. The van der Waals surface area contributed by atoms with E-state index in [1.807, 2.05) is 44.2 Å². The second-order valence-corrected chi connectivity index (χ2v) is 14.5. The topological polar surface area (TPSA) is 139 Å². The molecule has 10 nitrogen and oxygen atoms in total. The van der Waals surface area contributed by atoms with Crippen LogP contribution in [0.5, 0.6) is 11.5 Å². The van der Waals surface area contributed by atoms with Crippen LogP contribution in [0.2, 0.25) is 0 Å². The molecule has 1 unspecified atom stereocenters. The Hall–Kier alpha value is -2.67. The first-order valence-corrected chi connectivity index (χ1v) is 16.4. The third-order valence-electron chi connectivity index (χ3n) is 6.20. The highest BCUT2D eigenvalue weighted by Gasteiger charge is 2.33. The second kappa shape index (κ2) is 13.1. The van der Waals surface area contributed by atoms with Crippen molar-refractivity contribution in [3.05, 3.63) is 54.1 Å². The summed E-state index contributed by atoms with van der Waals surface area (Å²) in [6.07, 6.45) is -0.0104. The van der Waals surface area contributed by atoms with E-state index in [2.05, 4.69) is 5.32 Å². The maximum atomic E-state index is 13.7. The Kier molecular flexibility index (Phi) is 10.4. The number of hydrogen-bond donors (Lipinski definition) is 2. The molecule has 0 radical (unpaired) electrons. The first-order chi connectivity index (χ1) is 18.3. The minimum Gasteiger partial charge on any atom is -0.486 e. The average Bonchev–Trinajstić information content (AvgIpc) is 2.86. The van der Waals surface area contributed by atoms with Crippen molar-refractivity contribution in [2.24, 2.45) is 11.8 Å². The number of aliphatic hydroxyl groups is 1. The smallest absolute Gasteiger partial charge is 0.243 e. The number of nitrogens with zero attached hydrogens (tertiary/aromatic N) is 1. The van der Waals surface area contributed by atoms with Gasteiger partial charge in [-0.15, -0.1) is 0 Å². The predicted octanol–water partition coefficient (Wildman–Crippen LogP) is 1.87. The summed E-state index contributed by atoms with van der Waals surface area (Å²) in [7, 11) is -7.46. The Labute approximate surface area is 231 Å². The molecule has 216 valence electrons. The normalized spacial score (nSPS) is 16.1. The Morgan fingerprint density at radius 2 is 1.62 bits per heavy atom. The van der Waals surface area contributed by atoms with Crippen LogP contribution in [0.25, 0.3) is 0 Å². The van der Waals surface area contributed by atoms with Crippen LogP contribution in [-0.2, 0) is 31.1 Å². The van der Waals surface area contributed by atoms with Crippen molar-refractivity contribution in [3.63, 3.8) is 0 Å². The number of ether oxygens (including phenoxy) is 2. The molecule has 0 aromatic heterocycles. The van der Waals surface area contributed by atoms with E-state index in [4.69, 9.17) is 9.47 Å². The molecule has 0 aliphatic carbocycles. The van der Waals surface area contributed by atoms with Gasteiger partial charge in [0.2, 0.25) is 15.9 Å². The van der Waals surface area contributed by atoms with Crippen molar-refractivity contribution >= 4 is 25.8 Å². The van der Waals surface area contributed by atoms with Gasteiger partial charge in [-0.2, -0.15) is 4.31 Å². The van der Waals surface area contributed by atoms with Crippen LogP contribution in [0, 0.1) is 11.8 Å². The van der Waals surface area contributed by atoms with Gasteiger partial charge in [-0.25, -0.2) is 16.8 Å². The van der Waals surface area contributed by atoms with Gasteiger partial charge in [0.15, 0.2) is 11.5 Å². The molecule has 0 spiro atoms. The van der Waals surface area contributed by atoms with Gasteiger partial charge in [0.05, 0.1) is 22.8 Å². The molecule has 1 amide bonds. The molecule has 0 saturated heterocycles. The van der Waals surface area contributed by atoms with Crippen LogP contribution in [0.4, 0.5) is 0 Å². The summed E-state index contributed by atoms with van der Waals surface area (Å²) in [5.74, 6) is -0.985. The van der Waals surface area contributed by atoms with Gasteiger partial charge in [0.1, 0.15) is 23.1 Å². The van der Waals surface area contributed by atoms with Crippen LogP contribution in [0.3, 0.4) is 0 Å². The van der Waals surface area contributed by atoms with E-state index < -0.39 is 43.8 Å². The molecule has 3 rings (SSSR count). The molecular weight excluding hydrogens is 544 g/mol. The average molecular weight is 583 g/mol. The fourth-order valence-corrected chi connectivity index (χ4v) is 7.05. The third-order valence-corrected chi connectivity index (χ3v) is 9.13. The largest absolute Gasteiger partial charge is 0.486 e. The summed E-state index contributed by atoms with van der Waals surface area (Å²) < 4.78 is 63.2. The van der Waals surface area contributed by atoms with E-state index in [9.17, 15) is 26.7 Å². The fourth-order valence-electron chi connectivity index (χ4n) is 4.35. The Bertz CT molecular complexity index is 1330. The lowest BCUT2D eigenvalue weighted by atomic mass is 10.00. The molecule has 2 N–H and O–H groups in total. The van der Waals surface area contributed by atoms with Crippen LogP contribution in [0.1, 0.15) is 26.3 Å². The number of nitrogens with one attached hydrogen (secondary N) is 1. The van der Waals surface area contributed by atoms with Gasteiger partial charge in [0.25, 0.3) is 0 Å². The van der Waals surface area contributed by atoms with Crippen molar-refractivity contribution in [3.8, 4) is 11.5 Å². The molecule has 12 heteroatoms. The highest BCUT2D eigenvalue weighted by atomic mass is 32.2. The fraction of sp³-hybridized carbons (Fsp3) is 0.519. The zero-order valence-electron chi connectivity index (χ0n) is 22.7. The van der Waals surface area contributed by atoms with Gasteiger partial charge >= 0.3 is 0 Å². The number of benzene rings is 2. The maximum Gasteiger partial charge on any atom is 0.243 e. The van der Waals surface area contributed by atoms with Crippen molar-refractivity contribution in [1.29, 1.82) is 0 Å². The van der Waals surface area contributed by atoms with Gasteiger partial charge in [-0.3, -0.25) is 4.79 Å². The molecule has 39 heavy (non-hydrogen) atoms. The molecule has 0 saturated carbocycles. The van der Waals surface area contributed by atoms with Crippen molar-refractivity contribution in [1.82, 2.24) is 9.62 Å². The van der Waals surface area contributed by atoms with Crippen molar-refractivity contribution in [2.75, 3.05) is 38.3 Å². The summed E-state index contributed by atoms with van der Waals surface area (Å²) in [6, 6.07) is 12.7. The Morgan fingerprint density at radius 3 is 2.23 bits per heavy atom. The van der Waals surface area contributed by atoms with Gasteiger partial charge in [-0.1, -0.05) is 51.1 Å². The van der Waals surface area contributed by atoms with E-state index in [0.29, 0.717) is 24.7 Å². The Balaban J connectivity index is 1.87. The lowest BCUT2D eigenvalue weighted by molar-refractivity contribution is -0.125. The third kappa shape index (κ3) is 8.92. The van der Waals surface area contributed by atoms with Gasteiger partial charge in [0, 0.05) is 31.3 Å². The summed E-state index contributed by atoms with van der Waals surface area (Å²) in [5, 5.41) is 14.1. The molecule has 0 fully saturated rings. The quantitative estimate of drug-likeness (QED) is 0.365. The summed E-state index contributed by atoms with van der Waals surface area (Å²) in [4.78, 5) is 12.9. The summed E-state index contributed by atoms with van der Waals surface area (Å²) >= 11 is 0. The zero-order valence-corrected chi connectivity index (χ0v) is 24.4. The minimum absolute atomic E-state index is 0.00465. The molecule has 1 aliphatic heterocycles. The molecular formula is C27H38N2O8S2. The number of rotatable bonds is 13. The SMILES string of the molecule is CC(C)CN(C[C@@H](O)C(Cc1ccccc1)NC(=O)[C@H](C)CS(C)(=O)=O)S(=O)(=O)c1ccc2c(c1)OCCO2. The van der Waals surface area contributed by atoms with E-state index in [1.54, 1.807) is 6.07 Å². The summed E-state index contributed by atoms with van der Waals surface area (Å²) in [6.45, 7) is 5.77. The maximum absolute atomic E-state index is 13.7. The number of carbonyl (C=O) groups excluding carboxylic acids is 1. The number of amides is 1. The number of sulfonamides is 1. The van der Waals surface area contributed by atoms with Crippen molar-refractivity contribution < 1.29 is 36.2 Å². The molecule has 3 atom stereocenters. The first kappa shape index (κ1) is 30.9. The van der Waals surface area contributed by atoms with Gasteiger partial charge < -0.3 is 19.9 Å². The molecule has 0 bridgehead atoms. The van der Waals surface area contributed by atoms with Crippen LogP contribution >= 0.6 is 0 Å². The highest BCUT2D eigenvalue weighted by Crippen LogP contribution is 2.33. The molecule has 1 heterocycles. The lowest BCUT2D eigenvalue weighted by Crippen LogP contribution is -2.52. The molecule has 2 aromatic carbocycles. The Morgan fingerprint density at radius 1 is 0.974 bits per heavy atom. The van der Waals surface area contributed by atoms with E-state index in [1.165, 1.54) is 23.4 Å². The zero-order chi connectivity index (χ0) is 28.8. The van der Waals surface area contributed by atoms with E-state index in [-0.39, 0.29) is 36.1 Å². The van der Waals surface area contributed by atoms with E-state index in [0.717, 1.165) is 11.8 Å². The number of aliphatic hydroxyl groups excluding tert-OH is 1.